The van der Waals surface area contributed by atoms with Crippen molar-refractivity contribution in [3.8, 4) is 0 Å². The number of benzene rings is 2. The Kier molecular flexibility index (Phi) is 5.09. The predicted octanol–water partition coefficient (Wildman–Crippen LogP) is 5.09. The maximum atomic E-state index is 2.50. The monoisotopic (exact) mass is 296 g/mol. The summed E-state index contributed by atoms with van der Waals surface area (Å²) in [6, 6.07) is 22.4. The van der Waals surface area contributed by atoms with Crippen LogP contribution in [-0.2, 0) is 0 Å². The second kappa shape index (κ2) is 7.23. The molecular weight excluding hydrogens is 271 g/mol. The molecule has 0 radical (unpaired) electrons. The Bertz CT molecular complexity index is 489. The standard InChI is InChI=1S/C20H25P/c1-17(18-11-5-2-6-12-18)21(19-13-7-3-8-14-19)20-15-9-4-10-16-20/h3-4,7-10,13-18H,2,5-6,11-12H2,1H3. The molecule has 1 aliphatic carbocycles. The first-order valence-electron chi connectivity index (χ1n) is 8.25. The summed E-state index contributed by atoms with van der Waals surface area (Å²) in [7, 11) is -0.235. The minimum Gasteiger partial charge on any atom is -0.0622 e. The fourth-order valence-corrected chi connectivity index (χ4v) is 6.57. The summed E-state index contributed by atoms with van der Waals surface area (Å²) in [5.41, 5.74) is 0.782. The quantitative estimate of drug-likeness (QED) is 0.690. The molecule has 1 saturated carbocycles. The van der Waals surface area contributed by atoms with Gasteiger partial charge in [-0.1, -0.05) is 86.8 Å². The van der Waals surface area contributed by atoms with Crippen LogP contribution in [0.2, 0.25) is 0 Å². The van der Waals surface area contributed by atoms with Crippen LogP contribution in [0, 0.1) is 5.92 Å². The van der Waals surface area contributed by atoms with E-state index in [9.17, 15) is 0 Å². The molecule has 1 fully saturated rings. The zero-order chi connectivity index (χ0) is 14.5. The molecule has 0 N–H and O–H groups in total. The van der Waals surface area contributed by atoms with Crippen molar-refractivity contribution >= 4 is 18.5 Å². The first-order valence-corrected chi connectivity index (χ1v) is 9.66. The van der Waals surface area contributed by atoms with E-state index >= 15 is 0 Å². The highest BCUT2D eigenvalue weighted by Crippen LogP contribution is 2.46. The van der Waals surface area contributed by atoms with Crippen LogP contribution in [0.1, 0.15) is 39.0 Å². The summed E-state index contributed by atoms with van der Waals surface area (Å²) in [6.45, 7) is 2.50. The highest BCUT2D eigenvalue weighted by atomic mass is 31.1. The molecule has 0 bridgehead atoms. The molecule has 0 aliphatic heterocycles. The second-order valence-electron chi connectivity index (χ2n) is 6.18. The summed E-state index contributed by atoms with van der Waals surface area (Å²) >= 11 is 0. The van der Waals surface area contributed by atoms with E-state index in [0.717, 1.165) is 11.6 Å². The zero-order valence-electron chi connectivity index (χ0n) is 12.9. The van der Waals surface area contributed by atoms with Crippen molar-refractivity contribution in [2.24, 2.45) is 5.92 Å². The highest BCUT2D eigenvalue weighted by Gasteiger charge is 2.28. The molecule has 2 aromatic rings. The fourth-order valence-electron chi connectivity index (χ4n) is 3.62. The van der Waals surface area contributed by atoms with E-state index in [-0.39, 0.29) is 7.92 Å². The summed E-state index contributed by atoms with van der Waals surface area (Å²) in [4.78, 5) is 0. The smallest absolute Gasteiger partial charge is 0.0129 e. The lowest BCUT2D eigenvalue weighted by molar-refractivity contribution is 0.355. The normalized spacial score (nSPS) is 17.8. The Hall–Kier alpha value is -1.13. The van der Waals surface area contributed by atoms with Crippen LogP contribution in [0.3, 0.4) is 0 Å². The van der Waals surface area contributed by atoms with Crippen LogP contribution in [0.25, 0.3) is 0 Å². The van der Waals surface area contributed by atoms with Crippen molar-refractivity contribution in [3.63, 3.8) is 0 Å². The van der Waals surface area contributed by atoms with Gasteiger partial charge < -0.3 is 0 Å². The molecule has 0 spiro atoms. The number of hydrogen-bond donors (Lipinski definition) is 0. The largest absolute Gasteiger partial charge is 0.0622 e. The molecule has 0 nitrogen and oxygen atoms in total. The number of hydrogen-bond acceptors (Lipinski definition) is 0. The molecular formula is C20H25P. The average Bonchev–Trinajstić information content (AvgIpc) is 2.58. The topological polar surface area (TPSA) is 0 Å². The minimum atomic E-state index is -0.235. The van der Waals surface area contributed by atoms with Crippen LogP contribution in [0.4, 0.5) is 0 Å². The van der Waals surface area contributed by atoms with Gasteiger partial charge in [0.25, 0.3) is 0 Å². The van der Waals surface area contributed by atoms with Gasteiger partial charge in [0.2, 0.25) is 0 Å². The molecule has 1 unspecified atom stereocenters. The highest BCUT2D eigenvalue weighted by molar-refractivity contribution is 7.73. The lowest BCUT2D eigenvalue weighted by Gasteiger charge is -2.34. The van der Waals surface area contributed by atoms with Gasteiger partial charge in [-0.15, -0.1) is 0 Å². The van der Waals surface area contributed by atoms with Crippen molar-refractivity contribution < 1.29 is 0 Å². The number of rotatable bonds is 4. The molecule has 0 amide bonds. The van der Waals surface area contributed by atoms with Crippen molar-refractivity contribution in [1.29, 1.82) is 0 Å². The van der Waals surface area contributed by atoms with E-state index in [1.807, 2.05) is 0 Å². The molecule has 1 heteroatoms. The molecule has 110 valence electrons. The van der Waals surface area contributed by atoms with Crippen LogP contribution in [0.15, 0.2) is 60.7 Å². The van der Waals surface area contributed by atoms with E-state index in [2.05, 4.69) is 67.6 Å². The molecule has 2 aromatic carbocycles. The molecule has 0 aromatic heterocycles. The third kappa shape index (κ3) is 3.55. The van der Waals surface area contributed by atoms with E-state index in [1.165, 1.54) is 42.7 Å². The van der Waals surface area contributed by atoms with Gasteiger partial charge in [0.05, 0.1) is 0 Å². The van der Waals surface area contributed by atoms with Gasteiger partial charge in [-0.05, 0) is 42.9 Å². The molecule has 0 saturated heterocycles. The van der Waals surface area contributed by atoms with E-state index in [1.54, 1.807) is 0 Å². The SMILES string of the molecule is CC(C1CCCCC1)P(c1ccccc1)c1ccccc1. The summed E-state index contributed by atoms with van der Waals surface area (Å²) < 4.78 is 0. The lowest BCUT2D eigenvalue weighted by atomic mass is 9.87. The second-order valence-corrected chi connectivity index (χ2v) is 8.77. The minimum absolute atomic E-state index is 0.235. The Labute approximate surface area is 130 Å². The maximum Gasteiger partial charge on any atom is -0.0129 e. The molecule has 3 rings (SSSR count). The Balaban J connectivity index is 1.92. The van der Waals surface area contributed by atoms with Gasteiger partial charge in [-0.3, -0.25) is 0 Å². The van der Waals surface area contributed by atoms with E-state index in [0.29, 0.717) is 0 Å². The van der Waals surface area contributed by atoms with E-state index < -0.39 is 0 Å². The Morgan fingerprint density at radius 3 is 1.71 bits per heavy atom. The van der Waals surface area contributed by atoms with Crippen molar-refractivity contribution in [3.05, 3.63) is 60.7 Å². The van der Waals surface area contributed by atoms with Crippen molar-refractivity contribution in [2.45, 2.75) is 44.7 Å². The van der Waals surface area contributed by atoms with Crippen LogP contribution >= 0.6 is 7.92 Å². The summed E-state index contributed by atoms with van der Waals surface area (Å²) in [6.07, 6.45) is 7.17. The van der Waals surface area contributed by atoms with Gasteiger partial charge in [0, 0.05) is 0 Å². The molecule has 21 heavy (non-hydrogen) atoms. The summed E-state index contributed by atoms with van der Waals surface area (Å²) in [5, 5.41) is 3.08. The molecule has 1 atom stereocenters. The Morgan fingerprint density at radius 1 is 0.762 bits per heavy atom. The van der Waals surface area contributed by atoms with Crippen LogP contribution in [0.5, 0.6) is 0 Å². The van der Waals surface area contributed by atoms with Crippen LogP contribution in [-0.4, -0.2) is 5.66 Å². The fraction of sp³-hybridized carbons (Fsp3) is 0.400. The van der Waals surface area contributed by atoms with Crippen molar-refractivity contribution in [2.75, 3.05) is 0 Å². The van der Waals surface area contributed by atoms with Gasteiger partial charge in [-0.2, -0.15) is 0 Å². The molecule has 0 heterocycles. The molecule has 1 aliphatic rings. The lowest BCUT2D eigenvalue weighted by Crippen LogP contribution is -2.27. The van der Waals surface area contributed by atoms with Gasteiger partial charge in [0.1, 0.15) is 0 Å². The Morgan fingerprint density at radius 2 is 1.24 bits per heavy atom. The first-order chi connectivity index (χ1) is 10.4. The van der Waals surface area contributed by atoms with Crippen LogP contribution < -0.4 is 10.6 Å². The predicted molar refractivity (Wildman–Crippen MR) is 95.1 cm³/mol. The van der Waals surface area contributed by atoms with Gasteiger partial charge in [-0.25, -0.2) is 0 Å². The zero-order valence-corrected chi connectivity index (χ0v) is 13.8. The van der Waals surface area contributed by atoms with Gasteiger partial charge >= 0.3 is 0 Å². The average molecular weight is 296 g/mol. The summed E-state index contributed by atoms with van der Waals surface area (Å²) in [5.74, 6) is 0.908. The van der Waals surface area contributed by atoms with E-state index in [4.69, 9.17) is 0 Å². The third-order valence-electron chi connectivity index (χ3n) is 4.81. The van der Waals surface area contributed by atoms with Crippen molar-refractivity contribution in [1.82, 2.24) is 0 Å². The third-order valence-corrected chi connectivity index (χ3v) is 7.75. The van der Waals surface area contributed by atoms with Gasteiger partial charge in [0.15, 0.2) is 0 Å². The maximum absolute atomic E-state index is 2.50. The first kappa shape index (κ1) is 14.8.